The number of hydrogen-bond donors (Lipinski definition) is 1. The Bertz CT molecular complexity index is 1040. The second-order valence-electron chi connectivity index (χ2n) is 8.11. The molecule has 0 saturated heterocycles. The van der Waals surface area contributed by atoms with Crippen molar-refractivity contribution in [1.29, 1.82) is 0 Å². The fraction of sp³-hybridized carbons (Fsp3) is 0.261. The first kappa shape index (κ1) is 21.8. The first-order chi connectivity index (χ1) is 14.1. The van der Waals surface area contributed by atoms with Crippen LogP contribution in [-0.2, 0) is 23.1 Å². The van der Waals surface area contributed by atoms with Crippen LogP contribution < -0.4 is 4.72 Å². The van der Waals surface area contributed by atoms with E-state index < -0.39 is 15.6 Å². The Labute approximate surface area is 177 Å². The van der Waals surface area contributed by atoms with Gasteiger partial charge in [-0.15, -0.1) is 0 Å². The molecule has 0 spiro atoms. The highest BCUT2D eigenvalue weighted by molar-refractivity contribution is 7.89. The number of benzene rings is 2. The normalized spacial score (nSPS) is 12.0. The van der Waals surface area contributed by atoms with Crippen LogP contribution in [0.15, 0.2) is 82.3 Å². The van der Waals surface area contributed by atoms with Crippen molar-refractivity contribution in [3.63, 3.8) is 0 Å². The van der Waals surface area contributed by atoms with E-state index in [-0.39, 0.29) is 16.8 Å². The monoisotopic (exact) mass is 426 g/mol. The molecular weight excluding hydrogens is 400 g/mol. The van der Waals surface area contributed by atoms with Crippen LogP contribution in [0.1, 0.15) is 42.5 Å². The predicted octanol–water partition coefficient (Wildman–Crippen LogP) is 4.20. The Morgan fingerprint density at radius 1 is 0.867 bits per heavy atom. The first-order valence-electron chi connectivity index (χ1n) is 9.65. The Balaban J connectivity index is 1.86. The van der Waals surface area contributed by atoms with Crippen LogP contribution in [0.3, 0.4) is 0 Å². The summed E-state index contributed by atoms with van der Waals surface area (Å²) in [7, 11) is -3.86. The average molecular weight is 427 g/mol. The van der Waals surface area contributed by atoms with Crippen LogP contribution in [0, 0.1) is 0 Å². The number of sulfonamides is 1. The zero-order valence-corrected chi connectivity index (χ0v) is 18.1. The molecule has 0 aliphatic carbocycles. The van der Waals surface area contributed by atoms with Crippen molar-refractivity contribution < 1.29 is 17.6 Å². The van der Waals surface area contributed by atoms with E-state index in [4.69, 9.17) is 4.42 Å². The van der Waals surface area contributed by atoms with Crippen LogP contribution in [0.2, 0.25) is 0 Å². The molecule has 0 fully saturated rings. The van der Waals surface area contributed by atoms with Crippen LogP contribution in [-0.4, -0.2) is 24.8 Å². The van der Waals surface area contributed by atoms with Gasteiger partial charge in [-0.25, -0.2) is 13.1 Å². The predicted molar refractivity (Wildman–Crippen MR) is 115 cm³/mol. The Kier molecular flexibility index (Phi) is 6.43. The maximum absolute atomic E-state index is 13.2. The molecule has 0 bridgehead atoms. The molecule has 158 valence electrons. The van der Waals surface area contributed by atoms with Gasteiger partial charge in [0, 0.05) is 18.6 Å². The fourth-order valence-electron chi connectivity index (χ4n) is 3.00. The molecule has 1 N–H and O–H groups in total. The smallest absolute Gasteiger partial charge is 0.290 e. The second-order valence-corrected chi connectivity index (χ2v) is 9.72. The van der Waals surface area contributed by atoms with Crippen LogP contribution >= 0.6 is 0 Å². The Morgan fingerprint density at radius 3 is 1.83 bits per heavy atom. The number of furan rings is 1. The van der Waals surface area contributed by atoms with Gasteiger partial charge in [0.15, 0.2) is 5.76 Å². The third-order valence-electron chi connectivity index (χ3n) is 4.22. The van der Waals surface area contributed by atoms with E-state index in [2.05, 4.69) is 4.72 Å². The van der Waals surface area contributed by atoms with E-state index in [1.165, 1.54) is 12.1 Å². The summed E-state index contributed by atoms with van der Waals surface area (Å²) >= 11 is 0. The maximum atomic E-state index is 13.2. The molecule has 1 aromatic heterocycles. The molecule has 3 rings (SSSR count). The highest BCUT2D eigenvalue weighted by atomic mass is 32.2. The van der Waals surface area contributed by atoms with Crippen molar-refractivity contribution in [1.82, 2.24) is 9.62 Å². The van der Waals surface area contributed by atoms with Crippen molar-refractivity contribution in [3.05, 3.63) is 89.7 Å². The third-order valence-corrected chi connectivity index (χ3v) is 5.85. The van der Waals surface area contributed by atoms with Crippen molar-refractivity contribution in [3.8, 4) is 0 Å². The molecule has 0 radical (unpaired) electrons. The molecule has 7 heteroatoms. The van der Waals surface area contributed by atoms with Crippen LogP contribution in [0.5, 0.6) is 0 Å². The Morgan fingerprint density at radius 2 is 1.37 bits per heavy atom. The van der Waals surface area contributed by atoms with E-state index in [1.54, 1.807) is 25.7 Å². The largest absolute Gasteiger partial charge is 0.438 e. The highest BCUT2D eigenvalue weighted by Gasteiger charge is 2.27. The molecule has 0 aliphatic rings. The topological polar surface area (TPSA) is 79.6 Å². The van der Waals surface area contributed by atoms with Gasteiger partial charge in [0.1, 0.15) is 0 Å². The number of nitrogens with zero attached hydrogens (tertiary/aromatic N) is 1. The summed E-state index contributed by atoms with van der Waals surface area (Å²) in [6, 6.07) is 22.0. The van der Waals surface area contributed by atoms with Gasteiger partial charge in [0.05, 0.1) is 0 Å². The van der Waals surface area contributed by atoms with Crippen LogP contribution in [0.25, 0.3) is 0 Å². The van der Waals surface area contributed by atoms with E-state index in [1.807, 2.05) is 60.7 Å². The molecule has 0 atom stereocenters. The van der Waals surface area contributed by atoms with Crippen molar-refractivity contribution in [2.45, 2.75) is 44.5 Å². The SMILES string of the molecule is CC(C)(C)NS(=O)(=O)c1ccc(C(=O)N(Cc2ccccc2)Cc2ccccc2)o1. The first-order valence-corrected chi connectivity index (χ1v) is 11.1. The summed E-state index contributed by atoms with van der Waals surface area (Å²) < 4.78 is 33.0. The summed E-state index contributed by atoms with van der Waals surface area (Å²) in [6.07, 6.45) is 0. The molecule has 2 aromatic carbocycles. The number of amides is 1. The minimum Gasteiger partial charge on any atom is -0.438 e. The number of nitrogens with one attached hydrogen (secondary N) is 1. The lowest BCUT2D eigenvalue weighted by Gasteiger charge is -2.22. The number of rotatable bonds is 7. The van der Waals surface area contributed by atoms with Gasteiger partial charge in [0.2, 0.25) is 5.09 Å². The quantitative estimate of drug-likeness (QED) is 0.614. The molecule has 1 heterocycles. The van der Waals surface area contributed by atoms with Crippen molar-refractivity contribution >= 4 is 15.9 Å². The second kappa shape index (κ2) is 8.85. The summed E-state index contributed by atoms with van der Waals surface area (Å²) in [5.41, 5.74) is 1.27. The summed E-state index contributed by atoms with van der Waals surface area (Å²) in [5.74, 6) is -0.393. The number of carbonyl (C=O) groups excluding carboxylic acids is 1. The van der Waals surface area contributed by atoms with Crippen molar-refractivity contribution in [2.24, 2.45) is 0 Å². The Hall–Kier alpha value is -2.90. The van der Waals surface area contributed by atoms with E-state index in [9.17, 15) is 13.2 Å². The number of hydrogen-bond acceptors (Lipinski definition) is 4. The molecule has 6 nitrogen and oxygen atoms in total. The molecule has 30 heavy (non-hydrogen) atoms. The highest BCUT2D eigenvalue weighted by Crippen LogP contribution is 2.20. The fourth-order valence-corrected chi connectivity index (χ4v) is 4.35. The summed E-state index contributed by atoms with van der Waals surface area (Å²) in [6.45, 7) is 5.96. The van der Waals surface area contributed by atoms with E-state index in [0.717, 1.165) is 11.1 Å². The zero-order valence-electron chi connectivity index (χ0n) is 17.3. The lowest BCUT2D eigenvalue weighted by Crippen LogP contribution is -2.40. The van der Waals surface area contributed by atoms with Crippen LogP contribution in [0.4, 0.5) is 0 Å². The van der Waals surface area contributed by atoms with Gasteiger partial charge >= 0.3 is 0 Å². The molecule has 0 aliphatic heterocycles. The van der Waals surface area contributed by atoms with E-state index in [0.29, 0.717) is 13.1 Å². The van der Waals surface area contributed by atoms with Gasteiger partial charge in [-0.2, -0.15) is 0 Å². The van der Waals surface area contributed by atoms with E-state index >= 15 is 0 Å². The molecule has 0 unspecified atom stereocenters. The van der Waals surface area contributed by atoms with Gasteiger partial charge in [-0.1, -0.05) is 60.7 Å². The lowest BCUT2D eigenvalue weighted by molar-refractivity contribution is 0.0691. The summed E-state index contributed by atoms with van der Waals surface area (Å²) in [5, 5.41) is -0.278. The molecule has 0 saturated carbocycles. The standard InChI is InChI=1S/C23H26N2O4S/c1-23(2,3)24-30(27,28)21-15-14-20(29-21)22(26)25(16-18-10-6-4-7-11-18)17-19-12-8-5-9-13-19/h4-15,24H,16-17H2,1-3H3. The van der Waals surface area contributed by atoms with Gasteiger partial charge < -0.3 is 9.32 Å². The summed E-state index contributed by atoms with van der Waals surface area (Å²) in [4.78, 5) is 14.8. The molecule has 3 aromatic rings. The van der Waals surface area contributed by atoms with Crippen molar-refractivity contribution in [2.75, 3.05) is 0 Å². The zero-order chi connectivity index (χ0) is 21.8. The minimum absolute atomic E-state index is 0.0175. The molecular formula is C23H26N2O4S. The number of carbonyl (C=O) groups is 1. The van der Waals surface area contributed by atoms with Gasteiger partial charge in [-0.3, -0.25) is 4.79 Å². The third kappa shape index (κ3) is 5.81. The van der Waals surface area contributed by atoms with Gasteiger partial charge in [-0.05, 0) is 44.0 Å². The minimum atomic E-state index is -3.86. The molecule has 1 amide bonds. The van der Waals surface area contributed by atoms with Gasteiger partial charge in [0.25, 0.3) is 15.9 Å². The lowest BCUT2D eigenvalue weighted by atomic mass is 10.1. The average Bonchev–Trinajstić information content (AvgIpc) is 3.18. The maximum Gasteiger partial charge on any atom is 0.290 e.